The fourth-order valence-corrected chi connectivity index (χ4v) is 3.57. The second kappa shape index (κ2) is 8.71. The van der Waals surface area contributed by atoms with Crippen LogP contribution in [0.2, 0.25) is 0 Å². The largest absolute Gasteiger partial charge is 0.471 e. The normalized spacial score (nSPS) is 16.3. The van der Waals surface area contributed by atoms with Crippen LogP contribution < -0.4 is 10.2 Å². The number of carbonyl (C=O) groups excluding carboxylic acids is 2. The maximum atomic E-state index is 13.4. The van der Waals surface area contributed by atoms with Crippen LogP contribution in [0.3, 0.4) is 0 Å². The summed E-state index contributed by atoms with van der Waals surface area (Å²) in [5, 5.41) is 2.81. The molecule has 0 spiro atoms. The van der Waals surface area contributed by atoms with Gasteiger partial charge in [-0.05, 0) is 44.0 Å². The lowest BCUT2D eigenvalue weighted by molar-refractivity contribution is -0.171. The molecule has 3 rings (SSSR count). The van der Waals surface area contributed by atoms with E-state index in [1.807, 2.05) is 0 Å². The number of furan rings is 1. The SMILES string of the molecule is Cc1ccc(N(C(=O)C(F)(F)F)[C@@H](C(=O)NC2CCCCC2)c2ccco2)cc1. The molecule has 2 aromatic rings. The maximum absolute atomic E-state index is 13.4. The minimum absolute atomic E-state index is 0.0295. The van der Waals surface area contributed by atoms with E-state index in [4.69, 9.17) is 4.42 Å². The standard InChI is InChI=1S/C21H23F3N2O3/c1-14-9-11-16(12-10-14)26(20(28)21(22,23)24)18(17-8-5-13-29-17)19(27)25-15-6-3-2-4-7-15/h5,8-13,15,18H,2-4,6-7H2,1H3,(H,25,27)/t18-/m1/s1. The van der Waals surface area contributed by atoms with E-state index in [0.717, 1.165) is 37.7 Å². The number of nitrogens with zero attached hydrogens (tertiary/aromatic N) is 1. The van der Waals surface area contributed by atoms with Crippen molar-refractivity contribution in [1.82, 2.24) is 5.32 Å². The number of aryl methyl sites for hydroxylation is 1. The van der Waals surface area contributed by atoms with E-state index in [9.17, 15) is 22.8 Å². The van der Waals surface area contributed by atoms with Crippen LogP contribution in [0.25, 0.3) is 0 Å². The summed E-state index contributed by atoms with van der Waals surface area (Å²) >= 11 is 0. The first-order valence-electron chi connectivity index (χ1n) is 9.58. The number of amides is 2. The van der Waals surface area contributed by atoms with Gasteiger partial charge < -0.3 is 9.73 Å². The van der Waals surface area contributed by atoms with E-state index in [1.54, 1.807) is 19.1 Å². The van der Waals surface area contributed by atoms with Crippen molar-refractivity contribution in [2.45, 2.75) is 57.3 Å². The first-order chi connectivity index (χ1) is 13.8. The Labute approximate surface area is 166 Å². The Kier molecular flexibility index (Phi) is 6.30. The van der Waals surface area contributed by atoms with E-state index in [2.05, 4.69) is 5.32 Å². The van der Waals surface area contributed by atoms with Gasteiger partial charge in [0.1, 0.15) is 5.76 Å². The molecule has 1 N–H and O–H groups in total. The Bertz CT molecular complexity index is 826. The summed E-state index contributed by atoms with van der Waals surface area (Å²) in [6, 6.07) is 7.13. The lowest BCUT2D eigenvalue weighted by Gasteiger charge is -2.32. The highest BCUT2D eigenvalue weighted by Gasteiger charge is 2.48. The van der Waals surface area contributed by atoms with Gasteiger partial charge in [-0.1, -0.05) is 37.0 Å². The third-order valence-corrected chi connectivity index (χ3v) is 5.04. The van der Waals surface area contributed by atoms with Crippen molar-refractivity contribution in [3.63, 3.8) is 0 Å². The topological polar surface area (TPSA) is 62.6 Å². The van der Waals surface area contributed by atoms with Gasteiger partial charge in [-0.3, -0.25) is 14.5 Å². The Hall–Kier alpha value is -2.77. The summed E-state index contributed by atoms with van der Waals surface area (Å²) in [6.45, 7) is 1.78. The summed E-state index contributed by atoms with van der Waals surface area (Å²) in [6.07, 6.45) is 0.584. The zero-order valence-corrected chi connectivity index (χ0v) is 16.0. The van der Waals surface area contributed by atoms with Crippen LogP contribution in [0.1, 0.15) is 49.5 Å². The summed E-state index contributed by atoms with van der Waals surface area (Å²) < 4.78 is 45.6. The molecule has 156 valence electrons. The predicted octanol–water partition coefficient (Wildman–Crippen LogP) is 4.67. The summed E-state index contributed by atoms with van der Waals surface area (Å²) in [5.74, 6) is -2.84. The average molecular weight is 408 g/mol. The number of rotatable bonds is 5. The van der Waals surface area contributed by atoms with Gasteiger partial charge in [0.05, 0.1) is 6.26 Å². The van der Waals surface area contributed by atoms with Crippen LogP contribution in [-0.2, 0) is 9.59 Å². The highest BCUT2D eigenvalue weighted by atomic mass is 19.4. The van der Waals surface area contributed by atoms with Crippen LogP contribution in [0, 0.1) is 6.92 Å². The molecule has 1 aliphatic carbocycles. The molecule has 0 unspecified atom stereocenters. The van der Waals surface area contributed by atoms with Crippen molar-refractivity contribution >= 4 is 17.5 Å². The van der Waals surface area contributed by atoms with Gasteiger partial charge in [0.2, 0.25) is 0 Å². The molecular weight excluding hydrogens is 385 g/mol. The maximum Gasteiger partial charge on any atom is 0.471 e. The number of hydrogen-bond donors (Lipinski definition) is 1. The van der Waals surface area contributed by atoms with E-state index in [-0.39, 0.29) is 17.5 Å². The van der Waals surface area contributed by atoms with Gasteiger partial charge in [0.25, 0.3) is 5.91 Å². The van der Waals surface area contributed by atoms with Gasteiger partial charge in [0.15, 0.2) is 6.04 Å². The van der Waals surface area contributed by atoms with Crippen LogP contribution in [0.5, 0.6) is 0 Å². The van der Waals surface area contributed by atoms with Crippen LogP contribution in [0.15, 0.2) is 47.1 Å². The monoisotopic (exact) mass is 408 g/mol. The number of halogens is 3. The van der Waals surface area contributed by atoms with Crippen molar-refractivity contribution in [1.29, 1.82) is 0 Å². The van der Waals surface area contributed by atoms with Crippen molar-refractivity contribution < 1.29 is 27.2 Å². The fraction of sp³-hybridized carbons (Fsp3) is 0.429. The second-order valence-corrected chi connectivity index (χ2v) is 7.27. The van der Waals surface area contributed by atoms with Crippen LogP contribution in [0.4, 0.5) is 18.9 Å². The number of benzene rings is 1. The smallest absolute Gasteiger partial charge is 0.467 e. The lowest BCUT2D eigenvalue weighted by atomic mass is 9.95. The van der Waals surface area contributed by atoms with Crippen LogP contribution >= 0.6 is 0 Å². The van der Waals surface area contributed by atoms with E-state index >= 15 is 0 Å². The fourth-order valence-electron chi connectivity index (χ4n) is 3.57. The van der Waals surface area contributed by atoms with E-state index < -0.39 is 24.0 Å². The molecule has 1 aromatic carbocycles. The molecule has 29 heavy (non-hydrogen) atoms. The van der Waals surface area contributed by atoms with E-state index in [0.29, 0.717) is 4.90 Å². The summed E-state index contributed by atoms with van der Waals surface area (Å²) in [7, 11) is 0. The third kappa shape index (κ3) is 4.99. The Morgan fingerprint density at radius 2 is 1.76 bits per heavy atom. The minimum atomic E-state index is -5.15. The Balaban J connectivity index is 2.01. The molecule has 1 fully saturated rings. The van der Waals surface area contributed by atoms with Gasteiger partial charge in [-0.25, -0.2) is 0 Å². The average Bonchev–Trinajstić information content (AvgIpc) is 3.20. The third-order valence-electron chi connectivity index (χ3n) is 5.04. The molecule has 0 bridgehead atoms. The number of carbonyl (C=O) groups is 2. The minimum Gasteiger partial charge on any atom is -0.467 e. The van der Waals surface area contributed by atoms with Gasteiger partial charge in [-0.2, -0.15) is 13.2 Å². The van der Waals surface area contributed by atoms with E-state index in [1.165, 1.54) is 30.5 Å². The number of anilines is 1. The Morgan fingerprint density at radius 3 is 2.31 bits per heavy atom. The molecule has 5 nitrogen and oxygen atoms in total. The highest BCUT2D eigenvalue weighted by molar-refractivity contribution is 6.03. The van der Waals surface area contributed by atoms with Gasteiger partial charge in [0, 0.05) is 11.7 Å². The molecular formula is C21H23F3N2O3. The number of nitrogens with one attached hydrogen (secondary N) is 1. The molecule has 0 aliphatic heterocycles. The molecule has 1 aliphatic rings. The molecule has 1 aromatic heterocycles. The van der Waals surface area contributed by atoms with Gasteiger partial charge in [-0.15, -0.1) is 0 Å². The molecule has 0 saturated heterocycles. The number of alkyl halides is 3. The first kappa shape index (κ1) is 21.0. The highest BCUT2D eigenvalue weighted by Crippen LogP contribution is 2.33. The first-order valence-corrected chi connectivity index (χ1v) is 9.58. The van der Waals surface area contributed by atoms with Gasteiger partial charge >= 0.3 is 12.1 Å². The predicted molar refractivity (Wildman–Crippen MR) is 101 cm³/mol. The van der Waals surface area contributed by atoms with Crippen molar-refractivity contribution in [2.24, 2.45) is 0 Å². The Morgan fingerprint density at radius 1 is 1.10 bits per heavy atom. The summed E-state index contributed by atoms with van der Waals surface area (Å²) in [5.41, 5.74) is 0.785. The molecule has 8 heteroatoms. The molecule has 1 atom stereocenters. The zero-order chi connectivity index (χ0) is 21.0. The number of hydrogen-bond acceptors (Lipinski definition) is 3. The van der Waals surface area contributed by atoms with Crippen molar-refractivity contribution in [3.8, 4) is 0 Å². The molecule has 0 radical (unpaired) electrons. The summed E-state index contributed by atoms with van der Waals surface area (Å²) in [4.78, 5) is 25.9. The zero-order valence-electron chi connectivity index (χ0n) is 16.0. The molecule has 1 saturated carbocycles. The van der Waals surface area contributed by atoms with Crippen LogP contribution in [-0.4, -0.2) is 24.0 Å². The quantitative estimate of drug-likeness (QED) is 0.782. The lowest BCUT2D eigenvalue weighted by Crippen LogP contribution is -2.50. The molecule has 2 amide bonds. The van der Waals surface area contributed by atoms with Crippen molar-refractivity contribution in [2.75, 3.05) is 4.90 Å². The van der Waals surface area contributed by atoms with Crippen molar-refractivity contribution in [3.05, 3.63) is 54.0 Å². The molecule has 1 heterocycles. The second-order valence-electron chi connectivity index (χ2n) is 7.27.